The SMILES string of the molecule is CC(C)(C)OC(=O)N1CCC(CN2CCN(c3cccc4c3C(=O)N(C3CCC(=O)NC3=O)C4=O)CC2)CC1. The zero-order chi connectivity index (χ0) is 27.9. The van der Waals surface area contributed by atoms with E-state index in [0.29, 0.717) is 48.9 Å². The van der Waals surface area contributed by atoms with Crippen molar-refractivity contribution in [3.05, 3.63) is 29.3 Å². The molecule has 1 aromatic carbocycles. The van der Waals surface area contributed by atoms with Crippen molar-refractivity contribution in [1.29, 1.82) is 0 Å². The van der Waals surface area contributed by atoms with Gasteiger partial charge in [-0.25, -0.2) is 4.79 Å². The van der Waals surface area contributed by atoms with Crippen LogP contribution >= 0.6 is 0 Å². The summed E-state index contributed by atoms with van der Waals surface area (Å²) in [6.45, 7) is 11.1. The number of piperazine rings is 1. The lowest BCUT2D eigenvalue weighted by molar-refractivity contribution is -0.136. The second-order valence-electron chi connectivity index (χ2n) is 11.8. The molecule has 5 rings (SSSR count). The molecular weight excluding hydrogens is 502 g/mol. The number of imide groups is 2. The minimum Gasteiger partial charge on any atom is -0.444 e. The molecule has 0 aliphatic carbocycles. The first kappa shape index (κ1) is 27.1. The van der Waals surface area contributed by atoms with Crippen LogP contribution in [-0.2, 0) is 14.3 Å². The van der Waals surface area contributed by atoms with Gasteiger partial charge in [0.1, 0.15) is 11.6 Å². The van der Waals surface area contributed by atoms with Gasteiger partial charge in [0.2, 0.25) is 11.8 Å². The number of ether oxygens (including phenoxy) is 1. The third-order valence-corrected chi connectivity index (χ3v) is 7.94. The van der Waals surface area contributed by atoms with Gasteiger partial charge in [0.15, 0.2) is 0 Å². The van der Waals surface area contributed by atoms with E-state index < -0.39 is 29.4 Å². The van der Waals surface area contributed by atoms with E-state index in [1.165, 1.54) is 0 Å². The third kappa shape index (κ3) is 5.63. The number of likely N-dealkylation sites (tertiary alicyclic amines) is 1. The van der Waals surface area contributed by atoms with Gasteiger partial charge in [-0.05, 0) is 58.1 Å². The summed E-state index contributed by atoms with van der Waals surface area (Å²) in [5.41, 5.74) is 0.871. The van der Waals surface area contributed by atoms with E-state index >= 15 is 0 Å². The number of nitrogens with one attached hydrogen (secondary N) is 1. The van der Waals surface area contributed by atoms with E-state index in [-0.39, 0.29) is 24.8 Å². The maximum atomic E-state index is 13.4. The number of fused-ring (bicyclic) bond motifs is 1. The summed E-state index contributed by atoms with van der Waals surface area (Å²) in [5, 5.41) is 2.24. The summed E-state index contributed by atoms with van der Waals surface area (Å²) in [7, 11) is 0. The number of anilines is 1. The highest BCUT2D eigenvalue weighted by Crippen LogP contribution is 2.34. The Bertz CT molecular complexity index is 1180. The standard InChI is InChI=1S/C28H37N5O6/c1-28(2,3)39-27(38)32-11-9-18(10-12-32)17-30-13-15-31(16-14-30)20-6-4-5-19-23(20)26(37)33(25(19)36)21-7-8-22(34)29-24(21)35/h4-6,18,21H,7-17H2,1-3H3,(H,29,34,35). The highest BCUT2D eigenvalue weighted by Gasteiger charge is 2.46. The molecule has 1 N–H and O–H groups in total. The first-order chi connectivity index (χ1) is 18.5. The zero-order valence-corrected chi connectivity index (χ0v) is 22.9. The molecular formula is C28H37N5O6. The number of benzene rings is 1. The Hall–Kier alpha value is -3.47. The summed E-state index contributed by atoms with van der Waals surface area (Å²) in [4.78, 5) is 70.3. The van der Waals surface area contributed by atoms with Gasteiger partial charge >= 0.3 is 6.09 Å². The van der Waals surface area contributed by atoms with E-state index in [0.717, 1.165) is 37.4 Å². The Kier molecular flexibility index (Phi) is 7.37. The van der Waals surface area contributed by atoms with Gasteiger partial charge in [-0.2, -0.15) is 0 Å². The minimum atomic E-state index is -0.971. The zero-order valence-electron chi connectivity index (χ0n) is 22.9. The molecule has 0 aromatic heterocycles. The van der Waals surface area contributed by atoms with Gasteiger partial charge in [-0.1, -0.05) is 6.07 Å². The van der Waals surface area contributed by atoms with Crippen molar-refractivity contribution in [2.45, 2.75) is 58.1 Å². The summed E-state index contributed by atoms with van der Waals surface area (Å²) in [6, 6.07) is 4.30. The van der Waals surface area contributed by atoms with Crippen molar-refractivity contribution in [3.8, 4) is 0 Å². The molecule has 0 spiro atoms. The summed E-state index contributed by atoms with van der Waals surface area (Å²) in [5.74, 6) is -1.44. The van der Waals surface area contributed by atoms with Crippen LogP contribution in [0.3, 0.4) is 0 Å². The number of piperidine rings is 2. The molecule has 3 saturated heterocycles. The minimum absolute atomic E-state index is 0.0959. The molecule has 5 amide bonds. The van der Waals surface area contributed by atoms with Crippen LogP contribution in [0.25, 0.3) is 0 Å². The van der Waals surface area contributed by atoms with E-state index in [9.17, 15) is 24.0 Å². The molecule has 11 nitrogen and oxygen atoms in total. The molecule has 4 aliphatic rings. The van der Waals surface area contributed by atoms with Crippen LogP contribution in [-0.4, -0.2) is 102 Å². The average Bonchev–Trinajstić information content (AvgIpc) is 3.14. The number of rotatable bonds is 4. The molecule has 39 heavy (non-hydrogen) atoms. The fraction of sp³-hybridized carbons (Fsp3) is 0.607. The maximum Gasteiger partial charge on any atom is 0.410 e. The molecule has 1 aromatic rings. The Morgan fingerprint density at radius 2 is 1.64 bits per heavy atom. The van der Waals surface area contributed by atoms with Gasteiger partial charge in [-0.15, -0.1) is 0 Å². The first-order valence-corrected chi connectivity index (χ1v) is 13.8. The van der Waals surface area contributed by atoms with Gasteiger partial charge in [0.05, 0.1) is 16.8 Å². The molecule has 0 saturated carbocycles. The monoisotopic (exact) mass is 539 g/mol. The highest BCUT2D eigenvalue weighted by atomic mass is 16.6. The van der Waals surface area contributed by atoms with E-state index in [1.807, 2.05) is 26.8 Å². The Morgan fingerprint density at radius 1 is 0.949 bits per heavy atom. The number of hydrogen-bond acceptors (Lipinski definition) is 8. The number of hydrogen-bond donors (Lipinski definition) is 1. The molecule has 0 bridgehead atoms. The predicted molar refractivity (Wildman–Crippen MR) is 142 cm³/mol. The highest BCUT2D eigenvalue weighted by molar-refractivity contribution is 6.25. The Balaban J connectivity index is 1.17. The van der Waals surface area contributed by atoms with Crippen LogP contribution in [0.4, 0.5) is 10.5 Å². The summed E-state index contributed by atoms with van der Waals surface area (Å²) in [6.07, 6.45) is 1.88. The number of nitrogens with zero attached hydrogens (tertiary/aromatic N) is 4. The molecule has 210 valence electrons. The lowest BCUT2D eigenvalue weighted by atomic mass is 9.96. The lowest BCUT2D eigenvalue weighted by Crippen LogP contribution is -2.54. The van der Waals surface area contributed by atoms with E-state index in [4.69, 9.17) is 4.74 Å². The van der Waals surface area contributed by atoms with Gasteiger partial charge in [0, 0.05) is 52.2 Å². The van der Waals surface area contributed by atoms with Gasteiger partial charge in [0.25, 0.3) is 11.8 Å². The number of carbonyl (C=O) groups is 5. The van der Waals surface area contributed by atoms with E-state index in [2.05, 4.69) is 15.1 Å². The van der Waals surface area contributed by atoms with Gasteiger partial charge < -0.3 is 14.5 Å². The summed E-state index contributed by atoms with van der Waals surface area (Å²) < 4.78 is 5.50. The van der Waals surface area contributed by atoms with Crippen molar-refractivity contribution in [2.24, 2.45) is 5.92 Å². The van der Waals surface area contributed by atoms with Crippen molar-refractivity contribution in [3.63, 3.8) is 0 Å². The smallest absolute Gasteiger partial charge is 0.410 e. The second-order valence-corrected chi connectivity index (χ2v) is 11.8. The topological polar surface area (TPSA) is 120 Å². The lowest BCUT2D eigenvalue weighted by Gasteiger charge is -2.40. The van der Waals surface area contributed by atoms with Gasteiger partial charge in [-0.3, -0.25) is 34.3 Å². The van der Waals surface area contributed by atoms with E-state index in [1.54, 1.807) is 17.0 Å². The van der Waals surface area contributed by atoms with Crippen molar-refractivity contribution in [1.82, 2.24) is 20.0 Å². The quantitative estimate of drug-likeness (QED) is 0.576. The molecule has 4 heterocycles. The Morgan fingerprint density at radius 3 is 2.28 bits per heavy atom. The van der Waals surface area contributed by atoms with Crippen molar-refractivity contribution >= 4 is 35.4 Å². The van der Waals surface area contributed by atoms with Crippen LogP contribution in [0, 0.1) is 5.92 Å². The third-order valence-electron chi connectivity index (χ3n) is 7.94. The molecule has 1 atom stereocenters. The molecule has 11 heteroatoms. The van der Waals surface area contributed by atoms with Crippen molar-refractivity contribution < 1.29 is 28.7 Å². The fourth-order valence-corrected chi connectivity index (χ4v) is 5.92. The van der Waals surface area contributed by atoms with Crippen LogP contribution in [0.1, 0.15) is 67.2 Å². The second kappa shape index (κ2) is 10.6. The average molecular weight is 540 g/mol. The first-order valence-electron chi connectivity index (χ1n) is 13.8. The normalized spacial score (nSPS) is 23.3. The van der Waals surface area contributed by atoms with Crippen LogP contribution in [0.15, 0.2) is 18.2 Å². The maximum absolute atomic E-state index is 13.4. The van der Waals surface area contributed by atoms with Crippen LogP contribution in [0.5, 0.6) is 0 Å². The molecule has 3 fully saturated rings. The molecule has 0 radical (unpaired) electrons. The van der Waals surface area contributed by atoms with Crippen molar-refractivity contribution in [2.75, 3.05) is 50.7 Å². The summed E-state index contributed by atoms with van der Waals surface area (Å²) >= 11 is 0. The predicted octanol–water partition coefficient (Wildman–Crippen LogP) is 1.86. The largest absolute Gasteiger partial charge is 0.444 e. The van der Waals surface area contributed by atoms with Crippen LogP contribution in [0.2, 0.25) is 0 Å². The Labute approximate surface area is 228 Å². The fourth-order valence-electron chi connectivity index (χ4n) is 5.92. The number of amides is 5. The molecule has 4 aliphatic heterocycles. The molecule has 1 unspecified atom stereocenters. The number of carbonyl (C=O) groups excluding carboxylic acids is 5. The van der Waals surface area contributed by atoms with Crippen LogP contribution < -0.4 is 10.2 Å².